The third kappa shape index (κ3) is 2.63. The van der Waals surface area contributed by atoms with Gasteiger partial charge in [-0.3, -0.25) is 9.69 Å². The predicted molar refractivity (Wildman–Crippen MR) is 95.0 cm³/mol. The number of fused-ring (bicyclic) bond motifs is 1. The number of nitrogens with one attached hydrogen (secondary N) is 1. The number of carbonyl (C=O) groups is 1. The van der Waals surface area contributed by atoms with Gasteiger partial charge in [0.2, 0.25) is 0 Å². The van der Waals surface area contributed by atoms with Crippen molar-refractivity contribution in [2.24, 2.45) is 0 Å². The normalized spacial score (nSPS) is 16.0. The number of nitrogens with zero attached hydrogens (tertiary/aromatic N) is 2. The summed E-state index contributed by atoms with van der Waals surface area (Å²) in [4.78, 5) is 18.9. The highest BCUT2D eigenvalue weighted by atomic mass is 19.1. The summed E-state index contributed by atoms with van der Waals surface area (Å²) in [6.07, 6.45) is 1.20. The van der Waals surface area contributed by atoms with Gasteiger partial charge in [-0.05, 0) is 36.8 Å². The maximum Gasteiger partial charge on any atom is 0.261 e. The van der Waals surface area contributed by atoms with Gasteiger partial charge in [0.15, 0.2) is 0 Å². The zero-order valence-electron chi connectivity index (χ0n) is 13.6. The molecule has 5 heteroatoms. The summed E-state index contributed by atoms with van der Waals surface area (Å²) in [5.41, 5.74) is 2.75. The largest absolute Gasteiger partial charge is 0.359 e. The summed E-state index contributed by atoms with van der Waals surface area (Å²) in [6.45, 7) is 1.94. The van der Waals surface area contributed by atoms with Crippen molar-refractivity contribution < 1.29 is 9.18 Å². The molecule has 0 unspecified atom stereocenters. The Balaban J connectivity index is 1.80. The third-order valence-corrected chi connectivity index (χ3v) is 4.27. The zero-order chi connectivity index (χ0) is 17.4. The van der Waals surface area contributed by atoms with E-state index in [4.69, 9.17) is 0 Å². The molecule has 124 valence electrons. The topological polar surface area (TPSA) is 45.2 Å². The number of pyridine rings is 1. The number of carbonyl (C=O) groups excluding carboxylic acids is 1. The quantitative estimate of drug-likeness (QED) is 0.777. The molecule has 0 saturated carbocycles. The molecule has 0 spiro atoms. The van der Waals surface area contributed by atoms with Gasteiger partial charge >= 0.3 is 0 Å². The van der Waals surface area contributed by atoms with Crippen molar-refractivity contribution in [3.8, 4) is 0 Å². The third-order valence-electron chi connectivity index (χ3n) is 4.27. The minimum Gasteiger partial charge on any atom is -0.359 e. The van der Waals surface area contributed by atoms with Gasteiger partial charge in [-0.15, -0.1) is 0 Å². The highest BCUT2D eigenvalue weighted by Gasteiger charge is 2.38. The van der Waals surface area contributed by atoms with E-state index in [1.54, 1.807) is 41.4 Å². The fraction of sp³-hybridized carbons (Fsp3) is 0.100. The molecule has 1 amide bonds. The number of benzene rings is 2. The maximum atomic E-state index is 14.1. The summed E-state index contributed by atoms with van der Waals surface area (Å²) >= 11 is 0. The van der Waals surface area contributed by atoms with Gasteiger partial charge in [-0.25, -0.2) is 9.37 Å². The van der Waals surface area contributed by atoms with Crippen molar-refractivity contribution in [2.45, 2.75) is 13.1 Å². The second-order valence-corrected chi connectivity index (χ2v) is 5.98. The smallest absolute Gasteiger partial charge is 0.261 e. The number of para-hydroxylation sites is 1. The molecule has 1 aliphatic rings. The highest BCUT2D eigenvalue weighted by Crippen LogP contribution is 2.37. The first kappa shape index (κ1) is 15.3. The molecule has 1 aliphatic heterocycles. The number of hydrogen-bond acceptors (Lipinski definition) is 3. The molecule has 2 heterocycles. The van der Waals surface area contributed by atoms with Crippen molar-refractivity contribution in [3.63, 3.8) is 0 Å². The van der Waals surface area contributed by atoms with Crippen LogP contribution in [0, 0.1) is 12.7 Å². The summed E-state index contributed by atoms with van der Waals surface area (Å²) in [7, 11) is 0. The second-order valence-electron chi connectivity index (χ2n) is 5.98. The van der Waals surface area contributed by atoms with Crippen molar-refractivity contribution in [3.05, 3.63) is 89.4 Å². The van der Waals surface area contributed by atoms with Crippen LogP contribution < -0.4 is 10.2 Å². The van der Waals surface area contributed by atoms with Crippen LogP contribution in [0.1, 0.15) is 27.7 Å². The molecule has 25 heavy (non-hydrogen) atoms. The molecule has 0 fully saturated rings. The van der Waals surface area contributed by atoms with Gasteiger partial charge in [0, 0.05) is 17.3 Å². The van der Waals surface area contributed by atoms with E-state index in [0.717, 1.165) is 11.1 Å². The number of halogens is 1. The Labute approximate surface area is 144 Å². The van der Waals surface area contributed by atoms with E-state index in [9.17, 15) is 9.18 Å². The Bertz CT molecular complexity index is 940. The minimum absolute atomic E-state index is 0.152. The molecule has 3 aromatic rings. The lowest BCUT2D eigenvalue weighted by molar-refractivity contribution is 0.0992. The van der Waals surface area contributed by atoms with Crippen molar-refractivity contribution in [1.82, 2.24) is 4.98 Å². The summed E-state index contributed by atoms with van der Waals surface area (Å²) in [5.74, 6) is 0.0116. The fourth-order valence-corrected chi connectivity index (χ4v) is 3.02. The van der Waals surface area contributed by atoms with Gasteiger partial charge in [0.05, 0.1) is 5.69 Å². The second kappa shape index (κ2) is 6.02. The van der Waals surface area contributed by atoms with E-state index in [-0.39, 0.29) is 11.7 Å². The van der Waals surface area contributed by atoms with E-state index in [2.05, 4.69) is 10.3 Å². The molecule has 1 aromatic heterocycles. The average Bonchev–Trinajstić information content (AvgIpc) is 2.90. The van der Waals surface area contributed by atoms with Crippen LogP contribution in [0.4, 0.5) is 15.9 Å². The van der Waals surface area contributed by atoms with Crippen LogP contribution in [0.15, 0.2) is 66.9 Å². The van der Waals surface area contributed by atoms with Crippen LogP contribution in [0.25, 0.3) is 0 Å². The molecule has 0 bridgehead atoms. The van der Waals surface area contributed by atoms with Gasteiger partial charge in [0.25, 0.3) is 5.91 Å². The molecule has 0 radical (unpaired) electrons. The van der Waals surface area contributed by atoms with Crippen LogP contribution in [0.3, 0.4) is 0 Å². The highest BCUT2D eigenvalue weighted by molar-refractivity contribution is 6.11. The monoisotopic (exact) mass is 333 g/mol. The first-order valence-corrected chi connectivity index (χ1v) is 8.01. The molecule has 1 atom stereocenters. The lowest BCUT2D eigenvalue weighted by atomic mass is 10.1. The summed E-state index contributed by atoms with van der Waals surface area (Å²) in [5, 5.41) is 3.15. The van der Waals surface area contributed by atoms with E-state index >= 15 is 0 Å². The summed E-state index contributed by atoms with van der Waals surface area (Å²) in [6, 6.07) is 17.5. The van der Waals surface area contributed by atoms with Gasteiger partial charge < -0.3 is 5.32 Å². The number of anilines is 2. The number of aromatic nitrogens is 1. The van der Waals surface area contributed by atoms with Gasteiger partial charge in [0.1, 0.15) is 17.8 Å². The molecule has 4 nitrogen and oxygen atoms in total. The molecular formula is C20H16FN3O. The van der Waals surface area contributed by atoms with E-state index in [0.29, 0.717) is 17.1 Å². The molecular weight excluding hydrogens is 317 g/mol. The molecule has 0 saturated heterocycles. The van der Waals surface area contributed by atoms with Crippen LogP contribution in [0.2, 0.25) is 0 Å². The van der Waals surface area contributed by atoms with Crippen LogP contribution in [-0.2, 0) is 0 Å². The maximum absolute atomic E-state index is 14.1. The number of hydrogen-bond donors (Lipinski definition) is 1. The predicted octanol–water partition coefficient (Wildman–Crippen LogP) is 4.30. The SMILES string of the molecule is Cc1ccc(N2C(=O)c3ccccc3[C@@H]2Nc2ccccc2F)nc1. The zero-order valence-corrected chi connectivity index (χ0v) is 13.6. The van der Waals surface area contributed by atoms with Crippen molar-refractivity contribution in [1.29, 1.82) is 0 Å². The van der Waals surface area contributed by atoms with Gasteiger partial charge in [-0.1, -0.05) is 36.4 Å². The first-order chi connectivity index (χ1) is 12.1. The fourth-order valence-electron chi connectivity index (χ4n) is 3.02. The van der Waals surface area contributed by atoms with Crippen LogP contribution >= 0.6 is 0 Å². The Morgan fingerprint density at radius 1 is 1.04 bits per heavy atom. The lowest BCUT2D eigenvalue weighted by Crippen LogP contribution is -2.33. The number of amides is 1. The molecule has 2 aromatic carbocycles. The van der Waals surface area contributed by atoms with Crippen molar-refractivity contribution in [2.75, 3.05) is 10.2 Å². The van der Waals surface area contributed by atoms with E-state index in [1.165, 1.54) is 6.07 Å². The summed E-state index contributed by atoms with van der Waals surface area (Å²) < 4.78 is 14.1. The van der Waals surface area contributed by atoms with Gasteiger partial charge in [-0.2, -0.15) is 0 Å². The Kier molecular flexibility index (Phi) is 3.69. The number of rotatable bonds is 3. The van der Waals surface area contributed by atoms with Crippen molar-refractivity contribution >= 4 is 17.4 Å². The van der Waals surface area contributed by atoms with E-state index < -0.39 is 6.17 Å². The molecule has 1 N–H and O–H groups in total. The lowest BCUT2D eigenvalue weighted by Gasteiger charge is -2.26. The van der Waals surface area contributed by atoms with Crippen LogP contribution in [0.5, 0.6) is 0 Å². The van der Waals surface area contributed by atoms with Crippen LogP contribution in [-0.4, -0.2) is 10.9 Å². The Morgan fingerprint density at radius 3 is 2.56 bits per heavy atom. The molecule has 4 rings (SSSR count). The number of aryl methyl sites for hydroxylation is 1. The molecule has 0 aliphatic carbocycles. The first-order valence-electron chi connectivity index (χ1n) is 8.01. The average molecular weight is 333 g/mol. The Morgan fingerprint density at radius 2 is 1.80 bits per heavy atom. The standard InChI is InChI=1S/C20H16FN3O/c1-13-10-11-18(22-12-13)24-19(23-17-9-5-4-8-16(17)21)14-6-2-3-7-15(14)20(24)25/h2-12,19,23H,1H3/t19-/m1/s1. The van der Waals surface area contributed by atoms with E-state index in [1.807, 2.05) is 31.2 Å². The minimum atomic E-state index is -0.518. The Hall–Kier alpha value is -3.21.